The molecule has 0 bridgehead atoms. The molecule has 3 aliphatic rings. The van der Waals surface area contributed by atoms with Gasteiger partial charge in [0.15, 0.2) is 17.3 Å². The van der Waals surface area contributed by atoms with E-state index in [1.807, 2.05) is 0 Å². The van der Waals surface area contributed by atoms with Crippen LogP contribution in [-0.4, -0.2) is 62.2 Å². The molecular weight excluding hydrogens is 594 g/mol. The van der Waals surface area contributed by atoms with Crippen molar-refractivity contribution in [3.8, 4) is 5.75 Å². The largest absolute Gasteiger partial charge is 0.573 e. The van der Waals surface area contributed by atoms with Crippen LogP contribution in [0.25, 0.3) is 10.9 Å². The van der Waals surface area contributed by atoms with Gasteiger partial charge in [-0.1, -0.05) is 6.07 Å². The van der Waals surface area contributed by atoms with E-state index < -0.39 is 41.5 Å². The van der Waals surface area contributed by atoms with E-state index in [1.165, 1.54) is 23.6 Å². The highest BCUT2D eigenvalue weighted by atomic mass is 32.2. The number of urea groups is 1. The van der Waals surface area contributed by atoms with Crippen LogP contribution in [0.5, 0.6) is 5.75 Å². The molecule has 1 aromatic heterocycles. The second-order valence-electron chi connectivity index (χ2n) is 10.6. The first-order chi connectivity index (χ1) is 20.4. The Labute approximate surface area is 246 Å². The van der Waals surface area contributed by atoms with Crippen LogP contribution in [0.15, 0.2) is 42.6 Å². The summed E-state index contributed by atoms with van der Waals surface area (Å²) in [5, 5.41) is 8.13. The second kappa shape index (κ2) is 10.8. The van der Waals surface area contributed by atoms with Crippen LogP contribution in [-0.2, 0) is 16.1 Å². The van der Waals surface area contributed by atoms with Gasteiger partial charge in [0.1, 0.15) is 12.6 Å². The molecule has 0 spiro atoms. The van der Waals surface area contributed by atoms with Crippen LogP contribution >= 0.6 is 11.8 Å². The van der Waals surface area contributed by atoms with Gasteiger partial charge in [0.25, 0.3) is 0 Å². The first kappa shape index (κ1) is 28.8. The van der Waals surface area contributed by atoms with Gasteiger partial charge in [-0.3, -0.25) is 14.4 Å². The van der Waals surface area contributed by atoms with Crippen molar-refractivity contribution in [1.82, 2.24) is 14.8 Å². The number of hydrogen-bond acceptors (Lipinski definition) is 6. The van der Waals surface area contributed by atoms with Crippen molar-refractivity contribution in [1.29, 1.82) is 0 Å². The zero-order chi connectivity index (χ0) is 30.6. The highest BCUT2D eigenvalue weighted by Gasteiger charge is 2.57. The Morgan fingerprint density at radius 3 is 2.56 bits per heavy atom. The van der Waals surface area contributed by atoms with Crippen molar-refractivity contribution < 1.29 is 41.5 Å². The average molecular weight is 620 g/mol. The first-order valence-corrected chi connectivity index (χ1v) is 14.4. The fraction of sp³-hybridized carbons (Fsp3) is 0.357. The quantitative estimate of drug-likeness (QED) is 0.188. The summed E-state index contributed by atoms with van der Waals surface area (Å²) in [6.07, 6.45) is -1.43. The molecule has 4 amide bonds. The number of carbonyl (C=O) groups is 4. The molecule has 0 unspecified atom stereocenters. The van der Waals surface area contributed by atoms with Crippen LogP contribution in [0.3, 0.4) is 0 Å². The lowest BCUT2D eigenvalue weighted by molar-refractivity contribution is -0.275. The van der Waals surface area contributed by atoms with Crippen molar-refractivity contribution in [2.24, 2.45) is 0 Å². The fourth-order valence-corrected chi connectivity index (χ4v) is 6.43. The van der Waals surface area contributed by atoms with Gasteiger partial charge in [0.05, 0.1) is 11.1 Å². The maximum Gasteiger partial charge on any atom is 0.573 e. The van der Waals surface area contributed by atoms with E-state index >= 15 is 0 Å². The van der Waals surface area contributed by atoms with Crippen molar-refractivity contribution in [3.05, 3.63) is 54.0 Å². The van der Waals surface area contributed by atoms with E-state index in [9.17, 15) is 36.7 Å². The van der Waals surface area contributed by atoms with Crippen LogP contribution in [0, 0.1) is 5.82 Å². The molecule has 3 fully saturated rings. The third kappa shape index (κ3) is 6.12. The molecule has 3 heterocycles. The number of benzene rings is 2. The number of likely N-dealkylation sites (tertiary alicyclic amines) is 1. The molecule has 3 aromatic rings. The van der Waals surface area contributed by atoms with E-state index in [0.717, 1.165) is 31.0 Å². The molecule has 0 radical (unpaired) electrons. The summed E-state index contributed by atoms with van der Waals surface area (Å²) in [7, 11) is 0. The van der Waals surface area contributed by atoms with Gasteiger partial charge in [-0.25, -0.2) is 9.18 Å². The standard InChI is InChI=1S/C28H25F4N5O5S/c1-13(38)17-11-36(19-8-7-15(9-16(17)19)34-27(41)33-14-5-6-14)12-23(39)37-20(10-22-26(37)43-22)25(40)35-18-3-2-4-21(24(18)29)42-28(30,31)32/h2-4,7-9,11,14,20,22,26H,5-6,10,12H2,1H3,(H,35,40)(H2,33,34,41)/t20-,22+,26+/m0/s1. The van der Waals surface area contributed by atoms with Gasteiger partial charge in [0, 0.05) is 39.6 Å². The zero-order valence-electron chi connectivity index (χ0n) is 22.5. The van der Waals surface area contributed by atoms with Crippen molar-refractivity contribution in [3.63, 3.8) is 0 Å². The Hall–Kier alpha value is -4.27. The lowest BCUT2D eigenvalue weighted by Gasteiger charge is -2.27. The molecule has 2 aliphatic heterocycles. The zero-order valence-corrected chi connectivity index (χ0v) is 23.4. The van der Waals surface area contributed by atoms with E-state index in [1.54, 1.807) is 29.0 Å². The van der Waals surface area contributed by atoms with E-state index in [-0.39, 0.29) is 41.4 Å². The van der Waals surface area contributed by atoms with Crippen molar-refractivity contribution in [2.45, 2.75) is 61.8 Å². The number of ether oxygens (including phenoxy) is 1. The number of fused-ring (bicyclic) bond motifs is 2. The molecule has 2 saturated heterocycles. The summed E-state index contributed by atoms with van der Waals surface area (Å²) >= 11 is 1.49. The van der Waals surface area contributed by atoms with E-state index in [0.29, 0.717) is 22.2 Å². The Morgan fingerprint density at radius 1 is 1.09 bits per heavy atom. The molecule has 2 aromatic carbocycles. The minimum absolute atomic E-state index is 0.00551. The van der Waals surface area contributed by atoms with E-state index in [4.69, 9.17) is 0 Å². The highest BCUT2D eigenvalue weighted by molar-refractivity contribution is 8.07. The molecule has 43 heavy (non-hydrogen) atoms. The van der Waals surface area contributed by atoms with Gasteiger partial charge in [-0.15, -0.1) is 24.9 Å². The normalized spacial score (nSPS) is 20.9. The number of nitrogens with one attached hydrogen (secondary N) is 3. The number of rotatable bonds is 8. The first-order valence-electron chi connectivity index (χ1n) is 13.4. The van der Waals surface area contributed by atoms with Gasteiger partial charge < -0.3 is 30.2 Å². The fourth-order valence-electron chi connectivity index (χ4n) is 5.23. The molecule has 3 N–H and O–H groups in total. The predicted molar refractivity (Wildman–Crippen MR) is 149 cm³/mol. The minimum atomic E-state index is -5.12. The second-order valence-corrected chi connectivity index (χ2v) is 12.0. The summed E-state index contributed by atoms with van der Waals surface area (Å²) in [6.45, 7) is 1.18. The van der Waals surface area contributed by atoms with Crippen LogP contribution in [0.4, 0.5) is 33.7 Å². The third-order valence-electron chi connectivity index (χ3n) is 7.40. The Bertz CT molecular complexity index is 1660. The Balaban J connectivity index is 1.19. The summed E-state index contributed by atoms with van der Waals surface area (Å²) in [6, 6.07) is 6.82. The predicted octanol–water partition coefficient (Wildman–Crippen LogP) is 4.85. The maximum atomic E-state index is 14.7. The van der Waals surface area contributed by atoms with Crippen LogP contribution in [0.2, 0.25) is 0 Å². The number of amides is 4. The monoisotopic (exact) mass is 619 g/mol. The van der Waals surface area contributed by atoms with Crippen molar-refractivity contribution >= 4 is 57.7 Å². The summed E-state index contributed by atoms with van der Waals surface area (Å²) < 4.78 is 57.8. The number of carbonyl (C=O) groups excluding carboxylic acids is 4. The molecule has 6 rings (SSSR count). The average Bonchev–Trinajstić information content (AvgIpc) is 3.83. The van der Waals surface area contributed by atoms with Gasteiger partial charge >= 0.3 is 12.4 Å². The summed E-state index contributed by atoms with van der Waals surface area (Å²) in [4.78, 5) is 52.8. The molecule has 1 saturated carbocycles. The Morgan fingerprint density at radius 2 is 1.86 bits per heavy atom. The minimum Gasteiger partial charge on any atom is -0.403 e. The topological polar surface area (TPSA) is 122 Å². The van der Waals surface area contributed by atoms with Crippen LogP contribution < -0.4 is 20.7 Å². The van der Waals surface area contributed by atoms with Gasteiger partial charge in [0.2, 0.25) is 11.8 Å². The number of nitrogens with zero attached hydrogens (tertiary/aromatic N) is 2. The van der Waals surface area contributed by atoms with E-state index in [2.05, 4.69) is 20.7 Å². The number of hydrogen-bond donors (Lipinski definition) is 3. The molecule has 1 aliphatic carbocycles. The number of aromatic nitrogens is 1. The number of thioether (sulfide) groups is 1. The number of halogens is 4. The lowest BCUT2D eigenvalue weighted by Crippen LogP contribution is -2.46. The number of anilines is 2. The van der Waals surface area contributed by atoms with Gasteiger partial charge in [-0.05, 0) is 56.5 Å². The summed E-state index contributed by atoms with van der Waals surface area (Å²) in [5.74, 6) is -3.90. The number of ketones is 1. The maximum absolute atomic E-state index is 14.7. The molecule has 3 atom stereocenters. The van der Waals surface area contributed by atoms with Crippen molar-refractivity contribution in [2.75, 3.05) is 10.6 Å². The van der Waals surface area contributed by atoms with Crippen LogP contribution in [0.1, 0.15) is 36.5 Å². The number of alkyl halides is 3. The molecule has 226 valence electrons. The summed E-state index contributed by atoms with van der Waals surface area (Å²) in [5.41, 5.74) is 0.878. The van der Waals surface area contributed by atoms with Gasteiger partial charge in [-0.2, -0.15) is 0 Å². The molecule has 10 nitrogen and oxygen atoms in total. The molecule has 15 heteroatoms. The number of Topliss-reactive ketones (excluding diaryl/α,β-unsaturated/α-hetero) is 1. The Kier molecular flexibility index (Phi) is 7.22. The molecular formula is C28H25F4N5O5S. The SMILES string of the molecule is CC(=O)c1cn(CC(=O)N2[C@@H]3S[C@@H]3C[C@H]2C(=O)Nc2cccc(OC(F)(F)F)c2F)c2ccc(NC(=O)NC3CC3)cc12. The smallest absolute Gasteiger partial charge is 0.403 e. The highest BCUT2D eigenvalue weighted by Crippen LogP contribution is 2.53. The third-order valence-corrected chi connectivity index (χ3v) is 8.72. The lowest BCUT2D eigenvalue weighted by atomic mass is 10.1.